The number of ether oxygens (including phenoxy) is 3. The molecule has 0 amide bonds. The Morgan fingerprint density at radius 2 is 1.48 bits per heavy atom. The Kier molecular flexibility index (Phi) is 9.28. The van der Waals surface area contributed by atoms with Crippen LogP contribution in [0.3, 0.4) is 0 Å². The third-order valence-corrected chi connectivity index (χ3v) is 4.32. The zero-order valence-electron chi connectivity index (χ0n) is 15.3. The van der Waals surface area contributed by atoms with Gasteiger partial charge in [0.15, 0.2) is 6.10 Å². The summed E-state index contributed by atoms with van der Waals surface area (Å²) in [6.07, 6.45) is -2.52. The number of esters is 1. The van der Waals surface area contributed by atoms with E-state index < -0.39 is 24.3 Å². The molecule has 1 N–H and O–H groups in total. The van der Waals surface area contributed by atoms with Gasteiger partial charge in [0.1, 0.15) is 6.10 Å². The molecule has 5 nitrogen and oxygen atoms in total. The van der Waals surface area contributed by atoms with Crippen LogP contribution in [-0.4, -0.2) is 42.4 Å². The largest absolute Gasteiger partial charge is 0.467 e. The van der Waals surface area contributed by atoms with E-state index in [1.165, 1.54) is 7.11 Å². The van der Waals surface area contributed by atoms with E-state index in [4.69, 9.17) is 21.1 Å². The monoisotopic (exact) mass is 392 g/mol. The maximum absolute atomic E-state index is 11.9. The molecular formula is C21H25ClO5. The summed E-state index contributed by atoms with van der Waals surface area (Å²) in [7, 11) is 1.22. The van der Waals surface area contributed by atoms with Gasteiger partial charge in [0, 0.05) is 5.88 Å². The molecule has 2 aromatic rings. The zero-order chi connectivity index (χ0) is 19.5. The average Bonchev–Trinajstić information content (AvgIpc) is 2.72. The van der Waals surface area contributed by atoms with E-state index in [1.54, 1.807) is 0 Å². The molecule has 27 heavy (non-hydrogen) atoms. The molecule has 0 aliphatic rings. The lowest BCUT2D eigenvalue weighted by Gasteiger charge is -2.29. The Balaban J connectivity index is 2.11. The van der Waals surface area contributed by atoms with Gasteiger partial charge in [-0.2, -0.15) is 0 Å². The number of halogens is 1. The normalized spacial score (nSPS) is 14.3. The van der Waals surface area contributed by atoms with Crippen molar-refractivity contribution >= 4 is 17.6 Å². The van der Waals surface area contributed by atoms with Gasteiger partial charge in [-0.25, -0.2) is 4.79 Å². The van der Waals surface area contributed by atoms with Crippen molar-refractivity contribution in [3.63, 3.8) is 0 Å². The number of hydrogen-bond acceptors (Lipinski definition) is 5. The number of hydrogen-bond donors (Lipinski definition) is 1. The number of benzene rings is 2. The highest BCUT2D eigenvalue weighted by Crippen LogP contribution is 2.19. The molecule has 2 rings (SSSR count). The van der Waals surface area contributed by atoms with Crippen LogP contribution >= 0.6 is 11.6 Å². The van der Waals surface area contributed by atoms with E-state index >= 15 is 0 Å². The summed E-state index contributed by atoms with van der Waals surface area (Å²) in [5.41, 5.74) is 1.90. The Morgan fingerprint density at radius 1 is 0.963 bits per heavy atom. The molecule has 0 aliphatic carbocycles. The maximum atomic E-state index is 11.9. The lowest BCUT2D eigenvalue weighted by molar-refractivity contribution is -0.174. The molecule has 2 aromatic carbocycles. The van der Waals surface area contributed by atoms with Crippen LogP contribution in [-0.2, 0) is 32.2 Å². The summed E-state index contributed by atoms with van der Waals surface area (Å²) >= 11 is 5.92. The molecule has 6 heteroatoms. The molecule has 0 aliphatic heterocycles. The van der Waals surface area contributed by atoms with E-state index in [2.05, 4.69) is 4.74 Å². The van der Waals surface area contributed by atoms with Gasteiger partial charge < -0.3 is 19.3 Å². The lowest BCUT2D eigenvalue weighted by atomic mass is 10.0. The number of aliphatic hydroxyl groups is 1. The number of carbonyl (C=O) groups is 1. The first-order chi connectivity index (χ1) is 13.2. The van der Waals surface area contributed by atoms with E-state index in [-0.39, 0.29) is 6.61 Å². The second-order valence-corrected chi connectivity index (χ2v) is 6.42. The lowest BCUT2D eigenvalue weighted by Crippen LogP contribution is -2.46. The van der Waals surface area contributed by atoms with Crippen molar-refractivity contribution in [2.75, 3.05) is 13.0 Å². The minimum atomic E-state index is -1.47. The van der Waals surface area contributed by atoms with Gasteiger partial charge in [0.25, 0.3) is 0 Å². The Bertz CT molecular complexity index is 665. The van der Waals surface area contributed by atoms with Gasteiger partial charge in [0.05, 0.1) is 26.4 Å². The van der Waals surface area contributed by atoms with Crippen molar-refractivity contribution in [2.45, 2.75) is 37.9 Å². The summed E-state index contributed by atoms with van der Waals surface area (Å²) in [4.78, 5) is 11.9. The average molecular weight is 393 g/mol. The van der Waals surface area contributed by atoms with Gasteiger partial charge in [-0.3, -0.25) is 0 Å². The van der Waals surface area contributed by atoms with E-state index in [1.807, 2.05) is 60.7 Å². The molecule has 0 radical (unpaired) electrons. The summed E-state index contributed by atoms with van der Waals surface area (Å²) in [5, 5.41) is 10.4. The van der Waals surface area contributed by atoms with Gasteiger partial charge in [-0.1, -0.05) is 60.7 Å². The molecule has 0 bridgehead atoms. The third-order valence-electron chi connectivity index (χ3n) is 4.11. The Morgan fingerprint density at radius 3 is 1.96 bits per heavy atom. The smallest absolute Gasteiger partial charge is 0.337 e. The SMILES string of the molecule is COC(=O)[C@H](O)[C@H](OCc1ccccc1)[C@H](CCCl)OCc1ccccc1. The minimum absolute atomic E-state index is 0.229. The molecule has 3 atom stereocenters. The summed E-state index contributed by atoms with van der Waals surface area (Å²) in [5.74, 6) is -0.464. The second-order valence-electron chi connectivity index (χ2n) is 6.04. The highest BCUT2D eigenvalue weighted by molar-refractivity contribution is 6.17. The molecule has 0 fully saturated rings. The number of rotatable bonds is 11. The maximum Gasteiger partial charge on any atom is 0.337 e. The Hall–Kier alpha value is -1.92. The van der Waals surface area contributed by atoms with Crippen molar-refractivity contribution < 1.29 is 24.1 Å². The molecule has 0 aromatic heterocycles. The van der Waals surface area contributed by atoms with Gasteiger partial charge in [0.2, 0.25) is 0 Å². The van der Waals surface area contributed by atoms with Crippen LogP contribution in [0.4, 0.5) is 0 Å². The standard InChI is InChI=1S/C21H25ClO5/c1-25-21(24)19(23)20(27-15-17-10-6-3-7-11-17)18(12-13-22)26-14-16-8-4-2-5-9-16/h2-11,18-20,23H,12-15H2,1H3/t18-,19+,20+/m0/s1. The van der Waals surface area contributed by atoms with Crippen LogP contribution in [0, 0.1) is 0 Å². The number of methoxy groups -OCH3 is 1. The number of aliphatic hydroxyl groups excluding tert-OH is 1. The quantitative estimate of drug-likeness (QED) is 0.469. The molecule has 0 saturated heterocycles. The summed E-state index contributed by atoms with van der Waals surface area (Å²) < 4.78 is 16.5. The molecule has 0 spiro atoms. The summed E-state index contributed by atoms with van der Waals surface area (Å²) in [6, 6.07) is 19.1. The molecule has 0 unspecified atom stereocenters. The number of alkyl halides is 1. The van der Waals surface area contributed by atoms with E-state index in [0.717, 1.165) is 11.1 Å². The first-order valence-electron chi connectivity index (χ1n) is 8.78. The molecule has 0 heterocycles. The summed E-state index contributed by atoms with van der Waals surface area (Å²) in [6.45, 7) is 0.550. The zero-order valence-corrected chi connectivity index (χ0v) is 16.0. The fourth-order valence-corrected chi connectivity index (χ4v) is 2.87. The van der Waals surface area contributed by atoms with Crippen LogP contribution < -0.4 is 0 Å². The van der Waals surface area contributed by atoms with Crippen LogP contribution in [0.15, 0.2) is 60.7 Å². The van der Waals surface area contributed by atoms with Crippen molar-refractivity contribution in [1.82, 2.24) is 0 Å². The van der Waals surface area contributed by atoms with E-state index in [0.29, 0.717) is 18.9 Å². The fourth-order valence-electron chi connectivity index (χ4n) is 2.65. The van der Waals surface area contributed by atoms with Gasteiger partial charge >= 0.3 is 5.97 Å². The minimum Gasteiger partial charge on any atom is -0.467 e. The fraction of sp³-hybridized carbons (Fsp3) is 0.381. The van der Waals surface area contributed by atoms with Crippen molar-refractivity contribution in [2.24, 2.45) is 0 Å². The second kappa shape index (κ2) is 11.7. The molecular weight excluding hydrogens is 368 g/mol. The first-order valence-corrected chi connectivity index (χ1v) is 9.32. The molecule has 0 saturated carbocycles. The predicted molar refractivity (Wildman–Crippen MR) is 103 cm³/mol. The predicted octanol–water partition coefficient (Wildman–Crippen LogP) is 3.32. The van der Waals surface area contributed by atoms with Crippen LogP contribution in [0.25, 0.3) is 0 Å². The highest BCUT2D eigenvalue weighted by Gasteiger charge is 2.35. The van der Waals surface area contributed by atoms with Gasteiger partial charge in [-0.05, 0) is 17.5 Å². The van der Waals surface area contributed by atoms with Gasteiger partial charge in [-0.15, -0.1) is 11.6 Å². The molecule has 146 valence electrons. The van der Waals surface area contributed by atoms with Crippen LogP contribution in [0.5, 0.6) is 0 Å². The Labute approximate surface area is 164 Å². The first kappa shape index (κ1) is 21.4. The van der Waals surface area contributed by atoms with Crippen LogP contribution in [0.2, 0.25) is 0 Å². The third kappa shape index (κ3) is 6.96. The highest BCUT2D eigenvalue weighted by atomic mass is 35.5. The van der Waals surface area contributed by atoms with Crippen molar-refractivity contribution in [1.29, 1.82) is 0 Å². The van der Waals surface area contributed by atoms with Crippen LogP contribution in [0.1, 0.15) is 17.5 Å². The van der Waals surface area contributed by atoms with Crippen molar-refractivity contribution in [3.8, 4) is 0 Å². The topological polar surface area (TPSA) is 65.0 Å². The van der Waals surface area contributed by atoms with Crippen molar-refractivity contribution in [3.05, 3.63) is 71.8 Å². The van der Waals surface area contributed by atoms with E-state index in [9.17, 15) is 9.90 Å². The number of carbonyl (C=O) groups excluding carboxylic acids is 1.